The van der Waals surface area contributed by atoms with Crippen LogP contribution in [-0.4, -0.2) is 10.7 Å². The average molecular weight is 220 g/mol. The van der Waals surface area contributed by atoms with Crippen molar-refractivity contribution in [1.29, 1.82) is 0 Å². The summed E-state index contributed by atoms with van der Waals surface area (Å²) in [7, 11) is 0. The number of benzene rings is 1. The third kappa shape index (κ3) is 2.19. The van der Waals surface area contributed by atoms with Crippen LogP contribution in [0.2, 0.25) is 0 Å². The van der Waals surface area contributed by atoms with Crippen LogP contribution < -0.4 is 5.73 Å². The van der Waals surface area contributed by atoms with Crippen molar-refractivity contribution in [2.24, 2.45) is 5.73 Å². The summed E-state index contributed by atoms with van der Waals surface area (Å²) >= 11 is 1.93. The van der Waals surface area contributed by atoms with Crippen LogP contribution in [0.4, 0.5) is 0 Å². The van der Waals surface area contributed by atoms with E-state index in [4.69, 9.17) is 5.73 Å². The highest BCUT2D eigenvalue weighted by Crippen LogP contribution is 2.21. The van der Waals surface area contributed by atoms with Gasteiger partial charge >= 0.3 is 0 Å². The van der Waals surface area contributed by atoms with E-state index in [1.807, 2.05) is 11.8 Å². The number of hydrogen-bond acceptors (Lipinski definition) is 2. The van der Waals surface area contributed by atoms with Crippen molar-refractivity contribution in [3.8, 4) is 0 Å². The van der Waals surface area contributed by atoms with E-state index in [0.29, 0.717) is 6.54 Å². The van der Waals surface area contributed by atoms with E-state index in [1.165, 1.54) is 22.2 Å². The molecule has 0 aliphatic carbocycles. The first-order valence-electron chi connectivity index (χ1n) is 5.22. The summed E-state index contributed by atoms with van der Waals surface area (Å²) in [4.78, 5) is 3.45. The molecule has 0 unspecified atom stereocenters. The summed E-state index contributed by atoms with van der Waals surface area (Å²) in [6.45, 7) is 2.77. The van der Waals surface area contributed by atoms with E-state index < -0.39 is 0 Å². The molecule has 3 heteroatoms. The molecule has 0 saturated heterocycles. The van der Waals surface area contributed by atoms with Crippen molar-refractivity contribution in [3.05, 3.63) is 35.5 Å². The quantitative estimate of drug-likeness (QED) is 0.832. The molecule has 0 amide bonds. The van der Waals surface area contributed by atoms with Crippen LogP contribution >= 0.6 is 11.8 Å². The molecule has 0 saturated carbocycles. The zero-order valence-corrected chi connectivity index (χ0v) is 9.73. The van der Waals surface area contributed by atoms with Gasteiger partial charge in [-0.3, -0.25) is 0 Å². The number of H-pyrrole nitrogens is 1. The first kappa shape index (κ1) is 10.6. The van der Waals surface area contributed by atoms with Gasteiger partial charge in [0.05, 0.1) is 5.52 Å². The normalized spacial score (nSPS) is 11.1. The van der Waals surface area contributed by atoms with Crippen molar-refractivity contribution >= 4 is 22.7 Å². The van der Waals surface area contributed by atoms with Gasteiger partial charge in [0, 0.05) is 23.4 Å². The Morgan fingerprint density at radius 1 is 1.40 bits per heavy atom. The molecule has 0 spiro atoms. The first-order valence-corrected chi connectivity index (χ1v) is 6.38. The van der Waals surface area contributed by atoms with E-state index in [2.05, 4.69) is 36.2 Å². The van der Waals surface area contributed by atoms with Crippen LogP contribution in [0.15, 0.2) is 24.3 Å². The maximum absolute atomic E-state index is 5.70. The lowest BCUT2D eigenvalue weighted by Crippen LogP contribution is -1.96. The number of para-hydroxylation sites is 1. The molecule has 0 aliphatic heterocycles. The highest BCUT2D eigenvalue weighted by molar-refractivity contribution is 7.98. The summed E-state index contributed by atoms with van der Waals surface area (Å²) < 4.78 is 0. The standard InChI is InChI=1S/C12H16N2S/c1-2-15-8-11-6-9-4-3-5-10(7-13)12(9)14-11/h3-6,14H,2,7-8,13H2,1H3. The van der Waals surface area contributed by atoms with E-state index >= 15 is 0 Å². The van der Waals surface area contributed by atoms with Gasteiger partial charge < -0.3 is 10.7 Å². The minimum absolute atomic E-state index is 0.595. The molecule has 2 rings (SSSR count). The van der Waals surface area contributed by atoms with E-state index in [1.54, 1.807) is 0 Å². The fourth-order valence-electron chi connectivity index (χ4n) is 1.74. The Kier molecular flexibility index (Phi) is 3.34. The second-order valence-electron chi connectivity index (χ2n) is 3.52. The van der Waals surface area contributed by atoms with Crippen LogP contribution in [0.1, 0.15) is 18.2 Å². The largest absolute Gasteiger partial charge is 0.357 e. The second kappa shape index (κ2) is 4.73. The van der Waals surface area contributed by atoms with Crippen molar-refractivity contribution < 1.29 is 0 Å². The predicted octanol–water partition coefficient (Wildman–Crippen LogP) is 2.88. The zero-order valence-electron chi connectivity index (χ0n) is 8.92. The third-order valence-electron chi connectivity index (χ3n) is 2.48. The number of aromatic amines is 1. The summed E-state index contributed by atoms with van der Waals surface area (Å²) in [5, 5.41) is 1.27. The SMILES string of the molecule is CCSCc1cc2cccc(CN)c2[nH]1. The van der Waals surface area contributed by atoms with Crippen molar-refractivity contribution in [3.63, 3.8) is 0 Å². The lowest BCUT2D eigenvalue weighted by molar-refractivity contribution is 1.08. The Bertz CT molecular complexity index is 448. The van der Waals surface area contributed by atoms with Gasteiger partial charge in [0.1, 0.15) is 0 Å². The number of aromatic nitrogens is 1. The number of nitrogens with one attached hydrogen (secondary N) is 1. The topological polar surface area (TPSA) is 41.8 Å². The van der Waals surface area contributed by atoms with Crippen LogP contribution in [0.3, 0.4) is 0 Å². The fraction of sp³-hybridized carbons (Fsp3) is 0.333. The Morgan fingerprint density at radius 3 is 3.00 bits per heavy atom. The predicted molar refractivity (Wildman–Crippen MR) is 68.0 cm³/mol. The Hall–Kier alpha value is -0.930. The molecular formula is C12H16N2S. The molecule has 0 aliphatic rings. The van der Waals surface area contributed by atoms with E-state index in [9.17, 15) is 0 Å². The third-order valence-corrected chi connectivity index (χ3v) is 3.40. The molecule has 2 nitrogen and oxygen atoms in total. The summed E-state index contributed by atoms with van der Waals surface area (Å²) in [6, 6.07) is 8.49. The van der Waals surface area contributed by atoms with Crippen LogP contribution in [0.25, 0.3) is 10.9 Å². The molecule has 0 atom stereocenters. The van der Waals surface area contributed by atoms with Gasteiger partial charge in [0.25, 0.3) is 0 Å². The summed E-state index contributed by atoms with van der Waals surface area (Å²) in [5.74, 6) is 2.20. The van der Waals surface area contributed by atoms with Crippen LogP contribution in [0.5, 0.6) is 0 Å². The number of rotatable bonds is 4. The lowest BCUT2D eigenvalue weighted by atomic mass is 10.1. The van der Waals surface area contributed by atoms with Gasteiger partial charge in [-0.15, -0.1) is 0 Å². The molecular weight excluding hydrogens is 204 g/mol. The zero-order chi connectivity index (χ0) is 10.7. The van der Waals surface area contributed by atoms with Gasteiger partial charge in [0.15, 0.2) is 0 Å². The Morgan fingerprint density at radius 2 is 2.27 bits per heavy atom. The lowest BCUT2D eigenvalue weighted by Gasteiger charge is -1.98. The molecule has 15 heavy (non-hydrogen) atoms. The van der Waals surface area contributed by atoms with Crippen molar-refractivity contribution in [2.75, 3.05) is 5.75 Å². The molecule has 1 aromatic heterocycles. The smallest absolute Gasteiger partial charge is 0.0501 e. The Balaban J connectivity index is 2.37. The fourth-order valence-corrected chi connectivity index (χ4v) is 2.32. The second-order valence-corrected chi connectivity index (χ2v) is 4.79. The van der Waals surface area contributed by atoms with Gasteiger partial charge in [0.2, 0.25) is 0 Å². The molecule has 0 bridgehead atoms. The van der Waals surface area contributed by atoms with E-state index in [-0.39, 0.29) is 0 Å². The summed E-state index contributed by atoms with van der Waals surface area (Å²) in [5.41, 5.74) is 9.38. The van der Waals surface area contributed by atoms with Crippen molar-refractivity contribution in [1.82, 2.24) is 4.98 Å². The monoisotopic (exact) mass is 220 g/mol. The minimum Gasteiger partial charge on any atom is -0.357 e. The van der Waals surface area contributed by atoms with Gasteiger partial charge in [-0.1, -0.05) is 25.1 Å². The molecule has 0 fully saturated rings. The van der Waals surface area contributed by atoms with Gasteiger partial charge in [-0.05, 0) is 17.4 Å². The highest BCUT2D eigenvalue weighted by Gasteiger charge is 2.03. The maximum atomic E-state index is 5.70. The first-order chi connectivity index (χ1) is 7.35. The summed E-state index contributed by atoms with van der Waals surface area (Å²) in [6.07, 6.45) is 0. The van der Waals surface area contributed by atoms with Gasteiger partial charge in [-0.25, -0.2) is 0 Å². The molecule has 1 heterocycles. The molecule has 0 radical (unpaired) electrons. The number of nitrogens with two attached hydrogens (primary N) is 1. The molecule has 80 valence electrons. The maximum Gasteiger partial charge on any atom is 0.0501 e. The van der Waals surface area contributed by atoms with Crippen LogP contribution in [-0.2, 0) is 12.3 Å². The van der Waals surface area contributed by atoms with Crippen LogP contribution in [0, 0.1) is 0 Å². The van der Waals surface area contributed by atoms with Gasteiger partial charge in [-0.2, -0.15) is 11.8 Å². The molecule has 3 N–H and O–H groups in total. The van der Waals surface area contributed by atoms with Crippen molar-refractivity contribution in [2.45, 2.75) is 19.2 Å². The Labute approximate surface area is 94.2 Å². The number of thioether (sulfide) groups is 1. The molecule has 2 aromatic rings. The average Bonchev–Trinajstić information content (AvgIpc) is 2.68. The highest BCUT2D eigenvalue weighted by atomic mass is 32.2. The van der Waals surface area contributed by atoms with E-state index in [0.717, 1.165) is 11.5 Å². The number of hydrogen-bond donors (Lipinski definition) is 2. The minimum atomic E-state index is 0.595. The molecule has 1 aromatic carbocycles. The number of fused-ring (bicyclic) bond motifs is 1.